The third-order valence-electron chi connectivity index (χ3n) is 2.92. The molecule has 0 fully saturated rings. The molecule has 0 atom stereocenters. The lowest BCUT2D eigenvalue weighted by molar-refractivity contribution is -0.117. The number of nitrogens with zero attached hydrogens (tertiary/aromatic N) is 1. The molecule has 1 aliphatic heterocycles. The summed E-state index contributed by atoms with van der Waals surface area (Å²) in [6, 6.07) is 5.22. The van der Waals surface area contributed by atoms with Gasteiger partial charge in [0.15, 0.2) is 11.5 Å². The standard InChI is InChI=1S/C16H17ClN2O3/c1-10(2)19-16(20)12(9-18)6-11-7-13(17)15-14(8-11)21-4-3-5-22-15/h6-8,10H,3-5H2,1-2H3,(H,19,20)/b12-6+. The van der Waals surface area contributed by atoms with Crippen molar-refractivity contribution in [3.63, 3.8) is 0 Å². The number of benzene rings is 1. The normalized spacial score (nSPS) is 14.2. The molecule has 6 heteroatoms. The number of rotatable bonds is 3. The van der Waals surface area contributed by atoms with E-state index in [2.05, 4.69) is 5.32 Å². The number of nitrogens with one attached hydrogen (secondary N) is 1. The lowest BCUT2D eigenvalue weighted by atomic mass is 10.1. The molecular weight excluding hydrogens is 304 g/mol. The Morgan fingerprint density at radius 1 is 1.41 bits per heavy atom. The van der Waals surface area contributed by atoms with Crippen LogP contribution in [0.1, 0.15) is 25.8 Å². The molecule has 1 heterocycles. The third-order valence-corrected chi connectivity index (χ3v) is 3.20. The Morgan fingerprint density at radius 3 is 2.82 bits per heavy atom. The summed E-state index contributed by atoms with van der Waals surface area (Å²) in [6.45, 7) is 4.74. The molecule has 0 saturated heterocycles. The summed E-state index contributed by atoms with van der Waals surface area (Å²) in [5.41, 5.74) is 0.629. The maximum atomic E-state index is 11.9. The third kappa shape index (κ3) is 3.92. The summed E-state index contributed by atoms with van der Waals surface area (Å²) in [6.07, 6.45) is 2.26. The van der Waals surface area contributed by atoms with Crippen LogP contribution in [0.2, 0.25) is 5.02 Å². The Morgan fingerprint density at radius 2 is 2.14 bits per heavy atom. The fourth-order valence-electron chi connectivity index (χ4n) is 1.99. The van der Waals surface area contributed by atoms with Gasteiger partial charge in [0.25, 0.3) is 5.91 Å². The van der Waals surface area contributed by atoms with E-state index in [0.29, 0.717) is 35.3 Å². The molecular formula is C16H17ClN2O3. The van der Waals surface area contributed by atoms with E-state index in [1.54, 1.807) is 12.1 Å². The zero-order chi connectivity index (χ0) is 16.1. The van der Waals surface area contributed by atoms with Crippen LogP contribution in [0.5, 0.6) is 11.5 Å². The van der Waals surface area contributed by atoms with Crippen LogP contribution >= 0.6 is 11.6 Å². The molecule has 2 rings (SSSR count). The first-order valence-electron chi connectivity index (χ1n) is 7.03. The van der Waals surface area contributed by atoms with Crippen molar-refractivity contribution in [2.45, 2.75) is 26.3 Å². The Hall–Kier alpha value is -2.19. The van der Waals surface area contributed by atoms with Gasteiger partial charge in [0.05, 0.1) is 18.2 Å². The highest BCUT2D eigenvalue weighted by atomic mass is 35.5. The molecule has 0 saturated carbocycles. The lowest BCUT2D eigenvalue weighted by Crippen LogP contribution is -2.30. The highest BCUT2D eigenvalue weighted by molar-refractivity contribution is 6.32. The number of hydrogen-bond donors (Lipinski definition) is 1. The predicted molar refractivity (Wildman–Crippen MR) is 83.9 cm³/mol. The number of fused-ring (bicyclic) bond motifs is 1. The number of ether oxygens (including phenoxy) is 2. The zero-order valence-corrected chi connectivity index (χ0v) is 13.2. The van der Waals surface area contributed by atoms with E-state index in [1.165, 1.54) is 6.08 Å². The number of carbonyl (C=O) groups excluding carboxylic acids is 1. The molecule has 1 aromatic carbocycles. The first-order chi connectivity index (χ1) is 10.5. The minimum atomic E-state index is -0.416. The Labute approximate surface area is 134 Å². The van der Waals surface area contributed by atoms with Gasteiger partial charge in [-0.05, 0) is 37.6 Å². The maximum Gasteiger partial charge on any atom is 0.262 e. The van der Waals surface area contributed by atoms with Crippen molar-refractivity contribution in [2.75, 3.05) is 13.2 Å². The molecule has 1 aliphatic rings. The van der Waals surface area contributed by atoms with Gasteiger partial charge >= 0.3 is 0 Å². The van der Waals surface area contributed by atoms with Crippen LogP contribution in [0.15, 0.2) is 17.7 Å². The Kier molecular flexibility index (Phi) is 5.29. The highest BCUT2D eigenvalue weighted by Crippen LogP contribution is 2.38. The van der Waals surface area contributed by atoms with Crippen LogP contribution in [-0.2, 0) is 4.79 Å². The summed E-state index contributed by atoms with van der Waals surface area (Å²) in [5, 5.41) is 12.2. The average Bonchev–Trinajstić information content (AvgIpc) is 2.69. The van der Waals surface area contributed by atoms with E-state index in [4.69, 9.17) is 26.3 Å². The number of carbonyl (C=O) groups is 1. The van der Waals surface area contributed by atoms with Gasteiger partial charge in [0.1, 0.15) is 11.6 Å². The Balaban J connectivity index is 2.34. The van der Waals surface area contributed by atoms with Crippen molar-refractivity contribution in [3.05, 3.63) is 28.3 Å². The van der Waals surface area contributed by atoms with Gasteiger partial charge in [0, 0.05) is 12.5 Å². The van der Waals surface area contributed by atoms with Gasteiger partial charge in [-0.3, -0.25) is 4.79 Å². The van der Waals surface area contributed by atoms with Crippen molar-refractivity contribution in [3.8, 4) is 17.6 Å². The van der Waals surface area contributed by atoms with Gasteiger partial charge in [-0.1, -0.05) is 11.6 Å². The molecule has 22 heavy (non-hydrogen) atoms. The fraction of sp³-hybridized carbons (Fsp3) is 0.375. The van der Waals surface area contributed by atoms with Crippen LogP contribution in [0.25, 0.3) is 6.08 Å². The zero-order valence-electron chi connectivity index (χ0n) is 12.5. The van der Waals surface area contributed by atoms with E-state index in [9.17, 15) is 4.79 Å². The van der Waals surface area contributed by atoms with Crippen molar-refractivity contribution < 1.29 is 14.3 Å². The fourth-order valence-corrected chi connectivity index (χ4v) is 2.26. The van der Waals surface area contributed by atoms with Gasteiger partial charge < -0.3 is 14.8 Å². The molecule has 0 unspecified atom stereocenters. The minimum absolute atomic E-state index is 0.0132. The number of nitriles is 1. The second kappa shape index (κ2) is 7.19. The SMILES string of the molecule is CC(C)NC(=O)/C(C#N)=C/c1cc(Cl)c2c(c1)OCCCO2. The molecule has 0 spiro atoms. The second-order valence-corrected chi connectivity index (χ2v) is 5.59. The van der Waals surface area contributed by atoms with Crippen LogP contribution < -0.4 is 14.8 Å². The molecule has 0 aliphatic carbocycles. The highest BCUT2D eigenvalue weighted by Gasteiger charge is 2.16. The maximum absolute atomic E-state index is 11.9. The lowest BCUT2D eigenvalue weighted by Gasteiger charge is -2.11. The van der Waals surface area contributed by atoms with E-state index < -0.39 is 5.91 Å². The number of hydrogen-bond acceptors (Lipinski definition) is 4. The Bertz CT molecular complexity index is 648. The predicted octanol–water partition coefficient (Wildman–Crippen LogP) is 2.93. The second-order valence-electron chi connectivity index (χ2n) is 5.18. The average molecular weight is 321 g/mol. The topological polar surface area (TPSA) is 71.4 Å². The summed E-state index contributed by atoms with van der Waals surface area (Å²) in [4.78, 5) is 11.9. The first kappa shape index (κ1) is 16.2. The molecule has 1 amide bonds. The molecule has 0 bridgehead atoms. The quantitative estimate of drug-likeness (QED) is 0.686. The molecule has 1 aromatic rings. The smallest absolute Gasteiger partial charge is 0.262 e. The van der Waals surface area contributed by atoms with Crippen molar-refractivity contribution in [1.29, 1.82) is 5.26 Å². The first-order valence-corrected chi connectivity index (χ1v) is 7.41. The largest absolute Gasteiger partial charge is 0.489 e. The van der Waals surface area contributed by atoms with E-state index in [-0.39, 0.29) is 11.6 Å². The van der Waals surface area contributed by atoms with Crippen molar-refractivity contribution >= 4 is 23.6 Å². The summed E-state index contributed by atoms with van der Waals surface area (Å²) >= 11 is 6.19. The minimum Gasteiger partial charge on any atom is -0.489 e. The van der Waals surface area contributed by atoms with Crippen molar-refractivity contribution in [2.24, 2.45) is 0 Å². The molecule has 116 valence electrons. The molecule has 0 aromatic heterocycles. The van der Waals surface area contributed by atoms with Crippen molar-refractivity contribution in [1.82, 2.24) is 5.32 Å². The van der Waals surface area contributed by atoms with E-state index in [1.807, 2.05) is 19.9 Å². The van der Waals surface area contributed by atoms with Gasteiger partial charge in [-0.2, -0.15) is 5.26 Å². The number of amides is 1. The van der Waals surface area contributed by atoms with E-state index in [0.717, 1.165) is 6.42 Å². The summed E-state index contributed by atoms with van der Waals surface area (Å²) in [5.74, 6) is 0.611. The molecule has 5 nitrogen and oxygen atoms in total. The molecule has 1 N–H and O–H groups in total. The van der Waals surface area contributed by atoms with Gasteiger partial charge in [0.2, 0.25) is 0 Å². The van der Waals surface area contributed by atoms with Crippen LogP contribution in [0.3, 0.4) is 0 Å². The van der Waals surface area contributed by atoms with E-state index >= 15 is 0 Å². The van der Waals surface area contributed by atoms with Gasteiger partial charge in [-0.15, -0.1) is 0 Å². The number of halogens is 1. The van der Waals surface area contributed by atoms with Crippen LogP contribution in [0.4, 0.5) is 0 Å². The van der Waals surface area contributed by atoms with Crippen LogP contribution in [0, 0.1) is 11.3 Å². The monoisotopic (exact) mass is 320 g/mol. The molecule has 0 radical (unpaired) electrons. The summed E-state index contributed by atoms with van der Waals surface area (Å²) in [7, 11) is 0. The van der Waals surface area contributed by atoms with Gasteiger partial charge in [-0.25, -0.2) is 0 Å². The summed E-state index contributed by atoms with van der Waals surface area (Å²) < 4.78 is 11.1. The van der Waals surface area contributed by atoms with Crippen LogP contribution in [-0.4, -0.2) is 25.2 Å².